The third kappa shape index (κ3) is 5.72. The molecule has 0 saturated heterocycles. The lowest BCUT2D eigenvalue weighted by molar-refractivity contribution is 0.0995. The number of hydrogen-bond donors (Lipinski definition) is 2. The highest BCUT2D eigenvalue weighted by atomic mass is 32.2. The Bertz CT molecular complexity index is 806. The van der Waals surface area contributed by atoms with Gasteiger partial charge in [-0.15, -0.1) is 11.8 Å². The molecule has 0 fully saturated rings. The number of benzene rings is 1. The Labute approximate surface area is 163 Å². The van der Waals surface area contributed by atoms with Crippen LogP contribution >= 0.6 is 11.8 Å². The number of thioether (sulfide) groups is 1. The van der Waals surface area contributed by atoms with Crippen molar-refractivity contribution in [2.24, 2.45) is 5.73 Å². The molecule has 2 aromatic rings. The van der Waals surface area contributed by atoms with E-state index < -0.39 is 5.91 Å². The number of phenols is 1. The highest BCUT2D eigenvalue weighted by Gasteiger charge is 2.15. The number of pyridine rings is 1. The number of ketones is 1. The smallest absolute Gasteiger partial charge is 0.250 e. The first-order valence-electron chi connectivity index (χ1n) is 8.81. The van der Waals surface area contributed by atoms with Crippen molar-refractivity contribution in [1.82, 2.24) is 4.98 Å². The minimum Gasteiger partial charge on any atom is -0.507 e. The summed E-state index contributed by atoms with van der Waals surface area (Å²) in [6.07, 6.45) is 3.74. The fourth-order valence-electron chi connectivity index (χ4n) is 2.56. The molecule has 144 valence electrons. The van der Waals surface area contributed by atoms with Crippen LogP contribution in [0.3, 0.4) is 0 Å². The third-order valence-corrected chi connectivity index (χ3v) is 4.97. The van der Waals surface area contributed by atoms with Crippen LogP contribution in [0.4, 0.5) is 0 Å². The molecule has 1 heterocycles. The largest absolute Gasteiger partial charge is 0.507 e. The zero-order valence-corrected chi connectivity index (χ0v) is 16.3. The van der Waals surface area contributed by atoms with Gasteiger partial charge in [-0.25, -0.2) is 4.98 Å². The molecule has 7 heteroatoms. The molecular formula is C20H24N2O4S. The molecule has 27 heavy (non-hydrogen) atoms. The number of phenolic OH excluding ortho intramolecular Hbond substituents is 1. The summed E-state index contributed by atoms with van der Waals surface area (Å²) in [6.45, 7) is 3.94. The van der Waals surface area contributed by atoms with E-state index in [1.165, 1.54) is 13.1 Å². The average Bonchev–Trinajstić information content (AvgIpc) is 2.64. The van der Waals surface area contributed by atoms with E-state index in [9.17, 15) is 14.7 Å². The van der Waals surface area contributed by atoms with Crippen molar-refractivity contribution in [3.05, 3.63) is 47.2 Å². The van der Waals surface area contributed by atoms with Crippen LogP contribution in [-0.4, -0.2) is 34.1 Å². The number of rotatable bonds is 10. The van der Waals surface area contributed by atoms with Crippen LogP contribution < -0.4 is 10.5 Å². The number of primary amides is 1. The van der Waals surface area contributed by atoms with Crippen molar-refractivity contribution in [2.45, 2.75) is 38.1 Å². The van der Waals surface area contributed by atoms with E-state index in [2.05, 4.69) is 4.98 Å². The zero-order chi connectivity index (χ0) is 19.8. The van der Waals surface area contributed by atoms with Gasteiger partial charge >= 0.3 is 0 Å². The standard InChI is InChI=1S/C20H24N2O4S/c1-3-5-16-17(8-7-15(13(2)23)19(16)24)26-10-4-11-27-18-9-6-14(12-22-18)20(21)25/h6-9,12,24H,3-5,10-11H2,1-2H3,(H2,21,25). The SMILES string of the molecule is CCCc1c(OCCCSc2ccc(C(N)=O)cn2)ccc(C(C)=O)c1O. The van der Waals surface area contributed by atoms with Gasteiger partial charge in [-0.1, -0.05) is 13.3 Å². The summed E-state index contributed by atoms with van der Waals surface area (Å²) in [7, 11) is 0. The molecule has 1 aromatic heterocycles. The first kappa shape index (κ1) is 20.8. The maximum absolute atomic E-state index is 11.6. The van der Waals surface area contributed by atoms with Gasteiger partial charge < -0.3 is 15.6 Å². The first-order valence-corrected chi connectivity index (χ1v) is 9.79. The maximum atomic E-state index is 11.6. The summed E-state index contributed by atoms with van der Waals surface area (Å²) in [6, 6.07) is 6.78. The number of ether oxygens (including phenoxy) is 1. The Morgan fingerprint density at radius 2 is 2.04 bits per heavy atom. The van der Waals surface area contributed by atoms with Crippen molar-refractivity contribution in [2.75, 3.05) is 12.4 Å². The topological polar surface area (TPSA) is 103 Å². The maximum Gasteiger partial charge on any atom is 0.250 e. The number of nitrogens with zero attached hydrogens (tertiary/aromatic N) is 1. The third-order valence-electron chi connectivity index (χ3n) is 3.94. The highest BCUT2D eigenvalue weighted by molar-refractivity contribution is 7.99. The summed E-state index contributed by atoms with van der Waals surface area (Å²) < 4.78 is 5.83. The van der Waals surface area contributed by atoms with Gasteiger partial charge in [0.05, 0.1) is 22.8 Å². The van der Waals surface area contributed by atoms with E-state index in [0.29, 0.717) is 35.5 Å². The molecule has 0 unspecified atom stereocenters. The van der Waals surface area contributed by atoms with E-state index in [4.69, 9.17) is 10.5 Å². The molecular weight excluding hydrogens is 364 g/mol. The Kier molecular flexibility index (Phi) is 7.67. The molecule has 6 nitrogen and oxygen atoms in total. The molecule has 1 aromatic carbocycles. The van der Waals surface area contributed by atoms with E-state index in [1.54, 1.807) is 36.0 Å². The number of aromatic hydroxyl groups is 1. The monoisotopic (exact) mass is 388 g/mol. The molecule has 3 N–H and O–H groups in total. The van der Waals surface area contributed by atoms with Crippen LogP contribution in [0, 0.1) is 0 Å². The Morgan fingerprint density at radius 3 is 2.63 bits per heavy atom. The number of amides is 1. The minimum atomic E-state index is -0.491. The lowest BCUT2D eigenvalue weighted by atomic mass is 10.0. The van der Waals surface area contributed by atoms with Crippen LogP contribution in [-0.2, 0) is 6.42 Å². The number of aromatic nitrogens is 1. The van der Waals surface area contributed by atoms with Gasteiger partial charge in [-0.05, 0) is 44.0 Å². The molecule has 0 aliphatic carbocycles. The number of nitrogens with two attached hydrogens (primary N) is 1. The second-order valence-electron chi connectivity index (χ2n) is 6.04. The van der Waals surface area contributed by atoms with Crippen molar-refractivity contribution in [3.8, 4) is 11.5 Å². The van der Waals surface area contributed by atoms with Crippen molar-refractivity contribution >= 4 is 23.5 Å². The van der Waals surface area contributed by atoms with Gasteiger partial charge in [-0.2, -0.15) is 0 Å². The fourth-order valence-corrected chi connectivity index (χ4v) is 3.32. The highest BCUT2D eigenvalue weighted by Crippen LogP contribution is 2.33. The molecule has 2 rings (SSSR count). The van der Waals surface area contributed by atoms with Crippen LogP contribution in [0.15, 0.2) is 35.5 Å². The van der Waals surface area contributed by atoms with E-state index in [0.717, 1.165) is 23.6 Å². The van der Waals surface area contributed by atoms with Gasteiger partial charge in [0.2, 0.25) is 5.91 Å². The van der Waals surface area contributed by atoms with Crippen molar-refractivity contribution < 1.29 is 19.4 Å². The average molecular weight is 388 g/mol. The minimum absolute atomic E-state index is 0.0231. The van der Waals surface area contributed by atoms with Crippen LogP contribution in [0.5, 0.6) is 11.5 Å². The first-order chi connectivity index (χ1) is 12.9. The molecule has 0 aliphatic rings. The van der Waals surface area contributed by atoms with Crippen molar-refractivity contribution in [1.29, 1.82) is 0 Å². The summed E-state index contributed by atoms with van der Waals surface area (Å²) in [4.78, 5) is 26.8. The van der Waals surface area contributed by atoms with Gasteiger partial charge in [0.15, 0.2) is 5.78 Å². The molecule has 0 aliphatic heterocycles. The second-order valence-corrected chi connectivity index (χ2v) is 7.16. The second kappa shape index (κ2) is 9.97. The summed E-state index contributed by atoms with van der Waals surface area (Å²) in [5.74, 6) is 0.782. The van der Waals surface area contributed by atoms with Crippen LogP contribution in [0.1, 0.15) is 53.0 Å². The quantitative estimate of drug-likeness (QED) is 0.366. The van der Waals surface area contributed by atoms with Gasteiger partial charge in [-0.3, -0.25) is 9.59 Å². The van der Waals surface area contributed by atoms with E-state index in [1.807, 2.05) is 6.92 Å². The van der Waals surface area contributed by atoms with Gasteiger partial charge in [0, 0.05) is 17.5 Å². The predicted octanol–water partition coefficient (Wildman–Crippen LogP) is 3.60. The Hall–Kier alpha value is -2.54. The predicted molar refractivity (Wildman–Crippen MR) is 106 cm³/mol. The summed E-state index contributed by atoms with van der Waals surface area (Å²) >= 11 is 1.56. The Balaban J connectivity index is 1.88. The normalized spacial score (nSPS) is 10.6. The van der Waals surface area contributed by atoms with Crippen LogP contribution in [0.25, 0.3) is 0 Å². The van der Waals surface area contributed by atoms with Gasteiger partial charge in [0.25, 0.3) is 0 Å². The van der Waals surface area contributed by atoms with Crippen molar-refractivity contribution in [3.63, 3.8) is 0 Å². The zero-order valence-electron chi connectivity index (χ0n) is 15.5. The fraction of sp³-hybridized carbons (Fsp3) is 0.350. The van der Waals surface area contributed by atoms with Gasteiger partial charge in [0.1, 0.15) is 11.5 Å². The lowest BCUT2D eigenvalue weighted by Crippen LogP contribution is -2.10. The van der Waals surface area contributed by atoms with E-state index >= 15 is 0 Å². The Morgan fingerprint density at radius 1 is 1.26 bits per heavy atom. The summed E-state index contributed by atoms with van der Waals surface area (Å²) in [5, 5.41) is 11.2. The number of carbonyl (C=O) groups is 2. The number of hydrogen-bond acceptors (Lipinski definition) is 6. The van der Waals surface area contributed by atoms with E-state index in [-0.39, 0.29) is 11.5 Å². The van der Waals surface area contributed by atoms with Crippen LogP contribution in [0.2, 0.25) is 0 Å². The molecule has 0 bridgehead atoms. The number of Topliss-reactive ketones (excluding diaryl/α,β-unsaturated/α-hetero) is 1. The number of carbonyl (C=O) groups excluding carboxylic acids is 2. The molecule has 0 radical (unpaired) electrons. The summed E-state index contributed by atoms with van der Waals surface area (Å²) in [5.41, 5.74) is 6.59. The molecule has 1 amide bonds. The molecule has 0 spiro atoms. The molecule has 0 atom stereocenters. The molecule has 0 saturated carbocycles. The lowest BCUT2D eigenvalue weighted by Gasteiger charge is -2.14.